The van der Waals surface area contributed by atoms with Crippen LogP contribution in [0.25, 0.3) is 6.08 Å². The third kappa shape index (κ3) is 5.42. The third-order valence-electron chi connectivity index (χ3n) is 5.99. The molecule has 0 saturated heterocycles. The number of hydrogen-bond donors (Lipinski definition) is 1. The van der Waals surface area contributed by atoms with Crippen molar-refractivity contribution in [2.75, 3.05) is 12.0 Å². The molecule has 1 N–H and O–H groups in total. The zero-order chi connectivity index (χ0) is 26.9. The molecule has 9 heteroatoms. The number of anilines is 1. The van der Waals surface area contributed by atoms with Gasteiger partial charge in [-0.15, -0.1) is 0 Å². The van der Waals surface area contributed by atoms with Gasteiger partial charge < -0.3 is 9.15 Å². The second-order valence-corrected chi connectivity index (χ2v) is 10.7. The van der Waals surface area contributed by atoms with Crippen LogP contribution >= 0.6 is 0 Å². The van der Waals surface area contributed by atoms with Crippen LogP contribution in [0, 0.1) is 20.8 Å². The van der Waals surface area contributed by atoms with E-state index < -0.39 is 16.0 Å². The third-order valence-corrected chi connectivity index (χ3v) is 7.41. The van der Waals surface area contributed by atoms with Gasteiger partial charge in [0.15, 0.2) is 0 Å². The molecule has 37 heavy (non-hydrogen) atoms. The monoisotopic (exact) mass is 520 g/mol. The van der Waals surface area contributed by atoms with Crippen LogP contribution in [0.1, 0.15) is 35.1 Å². The standard InChI is InChI=1S/C28H28N2O6S/c1-17-6-10-24(11-7-17)37(33,34)29-16-23-9-8-22(36-23)15-25-26(28(32)35-5)20(4)30(27(25)31)21-13-18(2)12-19(3)14-21/h6-15,29H,16H2,1-5H3/b25-15+. The van der Waals surface area contributed by atoms with Gasteiger partial charge in [-0.25, -0.2) is 17.9 Å². The summed E-state index contributed by atoms with van der Waals surface area (Å²) in [6.45, 7) is 7.36. The van der Waals surface area contributed by atoms with Crippen LogP contribution in [0.4, 0.5) is 5.69 Å². The molecule has 0 saturated carbocycles. The molecule has 2 heterocycles. The number of aryl methyl sites for hydroxylation is 3. The van der Waals surface area contributed by atoms with Gasteiger partial charge in [0.05, 0.1) is 29.7 Å². The maximum atomic E-state index is 13.5. The van der Waals surface area contributed by atoms with Crippen molar-refractivity contribution in [2.45, 2.75) is 39.1 Å². The lowest BCUT2D eigenvalue weighted by atomic mass is 10.1. The molecule has 1 aromatic heterocycles. The van der Waals surface area contributed by atoms with E-state index in [9.17, 15) is 18.0 Å². The number of carbonyl (C=O) groups excluding carboxylic acids is 2. The molecule has 192 valence electrons. The lowest BCUT2D eigenvalue weighted by molar-refractivity contribution is -0.136. The Morgan fingerprint density at radius 3 is 2.24 bits per heavy atom. The first-order valence-electron chi connectivity index (χ1n) is 11.6. The van der Waals surface area contributed by atoms with Crippen LogP contribution in [0.3, 0.4) is 0 Å². The van der Waals surface area contributed by atoms with Crippen molar-refractivity contribution in [3.05, 3.63) is 99.7 Å². The fourth-order valence-electron chi connectivity index (χ4n) is 4.25. The molecule has 0 aliphatic carbocycles. The van der Waals surface area contributed by atoms with E-state index in [1.165, 1.54) is 30.2 Å². The average Bonchev–Trinajstić information content (AvgIpc) is 3.38. The molecule has 1 amide bonds. The minimum absolute atomic E-state index is 0.0826. The van der Waals surface area contributed by atoms with E-state index in [1.807, 2.05) is 39.0 Å². The van der Waals surface area contributed by atoms with Crippen molar-refractivity contribution in [3.63, 3.8) is 0 Å². The van der Waals surface area contributed by atoms with Gasteiger partial charge in [0, 0.05) is 11.4 Å². The normalized spacial score (nSPS) is 15.1. The summed E-state index contributed by atoms with van der Waals surface area (Å²) < 4.78 is 38.4. The first-order chi connectivity index (χ1) is 17.5. The highest BCUT2D eigenvalue weighted by atomic mass is 32.2. The number of nitrogens with one attached hydrogen (secondary N) is 1. The van der Waals surface area contributed by atoms with Crippen LogP contribution in [0.5, 0.6) is 0 Å². The van der Waals surface area contributed by atoms with Crippen molar-refractivity contribution in [2.24, 2.45) is 0 Å². The van der Waals surface area contributed by atoms with Gasteiger partial charge in [-0.3, -0.25) is 9.69 Å². The SMILES string of the molecule is COC(=O)C1=C(C)N(c2cc(C)cc(C)c2)C(=O)/C1=C/c1ccc(CNS(=O)(=O)c2ccc(C)cc2)o1. The summed E-state index contributed by atoms with van der Waals surface area (Å²) in [5, 5.41) is 0. The Morgan fingerprint density at radius 2 is 1.62 bits per heavy atom. The molecule has 0 bridgehead atoms. The molecular formula is C28H28N2O6S. The number of furan rings is 1. The van der Waals surface area contributed by atoms with E-state index in [2.05, 4.69) is 4.72 Å². The summed E-state index contributed by atoms with van der Waals surface area (Å²) >= 11 is 0. The zero-order valence-electron chi connectivity index (χ0n) is 21.3. The lowest BCUT2D eigenvalue weighted by Gasteiger charge is -2.19. The molecule has 0 radical (unpaired) electrons. The molecule has 1 aliphatic rings. The Labute approximate surface area is 216 Å². The Balaban J connectivity index is 1.61. The highest BCUT2D eigenvalue weighted by Gasteiger charge is 2.38. The van der Waals surface area contributed by atoms with Crippen LogP contribution in [-0.4, -0.2) is 27.4 Å². The Kier molecular flexibility index (Phi) is 7.20. The van der Waals surface area contributed by atoms with Gasteiger partial charge in [-0.1, -0.05) is 23.8 Å². The van der Waals surface area contributed by atoms with Crippen LogP contribution in [-0.2, 0) is 30.9 Å². The molecule has 0 fully saturated rings. The molecule has 4 rings (SSSR count). The van der Waals surface area contributed by atoms with Crippen molar-refractivity contribution < 1.29 is 27.2 Å². The molecule has 8 nitrogen and oxygen atoms in total. The fraction of sp³-hybridized carbons (Fsp3) is 0.214. The second-order valence-electron chi connectivity index (χ2n) is 8.94. The maximum absolute atomic E-state index is 13.5. The van der Waals surface area contributed by atoms with Crippen molar-refractivity contribution in [1.82, 2.24) is 4.72 Å². The minimum Gasteiger partial charge on any atom is -0.465 e. The number of methoxy groups -OCH3 is 1. The molecule has 2 aromatic carbocycles. The van der Waals surface area contributed by atoms with E-state index in [4.69, 9.17) is 9.15 Å². The van der Waals surface area contributed by atoms with E-state index in [-0.39, 0.29) is 28.5 Å². The number of rotatable bonds is 7. The van der Waals surface area contributed by atoms with Gasteiger partial charge in [0.1, 0.15) is 11.5 Å². The number of amides is 1. The second kappa shape index (κ2) is 10.2. The topological polar surface area (TPSA) is 106 Å². The van der Waals surface area contributed by atoms with E-state index in [1.54, 1.807) is 31.2 Å². The minimum atomic E-state index is -3.73. The summed E-state index contributed by atoms with van der Waals surface area (Å²) in [5.74, 6) is -0.383. The van der Waals surface area contributed by atoms with Crippen molar-refractivity contribution in [3.8, 4) is 0 Å². The number of ether oxygens (including phenoxy) is 1. The van der Waals surface area contributed by atoms with Crippen LogP contribution in [0.15, 0.2) is 80.8 Å². The number of sulfonamides is 1. The zero-order valence-corrected chi connectivity index (χ0v) is 22.1. The average molecular weight is 521 g/mol. The number of carbonyl (C=O) groups is 2. The molecular weight excluding hydrogens is 492 g/mol. The van der Waals surface area contributed by atoms with Gasteiger partial charge in [-0.2, -0.15) is 0 Å². The summed E-state index contributed by atoms with van der Waals surface area (Å²) in [4.78, 5) is 27.8. The Hall–Kier alpha value is -3.95. The van der Waals surface area contributed by atoms with E-state index >= 15 is 0 Å². The van der Waals surface area contributed by atoms with Gasteiger partial charge >= 0.3 is 5.97 Å². The molecule has 0 atom stereocenters. The van der Waals surface area contributed by atoms with E-state index in [0.717, 1.165) is 16.7 Å². The first-order valence-corrected chi connectivity index (χ1v) is 13.1. The largest absolute Gasteiger partial charge is 0.465 e. The Bertz CT molecular complexity index is 1530. The van der Waals surface area contributed by atoms with Gasteiger partial charge in [-0.05, 0) is 81.3 Å². The summed E-state index contributed by atoms with van der Waals surface area (Å²) in [6, 6.07) is 15.5. The molecule has 0 unspecified atom stereocenters. The van der Waals surface area contributed by atoms with Gasteiger partial charge in [0.25, 0.3) is 5.91 Å². The lowest BCUT2D eigenvalue weighted by Crippen LogP contribution is -2.24. The molecule has 0 spiro atoms. The predicted molar refractivity (Wildman–Crippen MR) is 140 cm³/mol. The molecule has 3 aromatic rings. The summed E-state index contributed by atoms with van der Waals surface area (Å²) in [7, 11) is -2.47. The van der Waals surface area contributed by atoms with E-state index in [0.29, 0.717) is 22.9 Å². The van der Waals surface area contributed by atoms with Crippen LogP contribution in [0.2, 0.25) is 0 Å². The Morgan fingerprint density at radius 1 is 0.973 bits per heavy atom. The summed E-state index contributed by atoms with van der Waals surface area (Å²) in [6.07, 6.45) is 1.47. The maximum Gasteiger partial charge on any atom is 0.340 e. The van der Waals surface area contributed by atoms with Crippen molar-refractivity contribution >= 4 is 33.7 Å². The predicted octanol–water partition coefficient (Wildman–Crippen LogP) is 4.56. The number of allylic oxidation sites excluding steroid dienone is 1. The van der Waals surface area contributed by atoms with Gasteiger partial charge in [0.2, 0.25) is 10.0 Å². The first kappa shape index (κ1) is 26.1. The number of nitrogens with zero attached hydrogens (tertiary/aromatic N) is 1. The fourth-order valence-corrected chi connectivity index (χ4v) is 5.24. The number of esters is 1. The quantitative estimate of drug-likeness (QED) is 0.362. The molecule has 1 aliphatic heterocycles. The summed E-state index contributed by atoms with van der Waals surface area (Å²) in [5.41, 5.74) is 4.29. The highest BCUT2D eigenvalue weighted by molar-refractivity contribution is 7.89. The van der Waals surface area contributed by atoms with Crippen molar-refractivity contribution in [1.29, 1.82) is 0 Å². The number of benzene rings is 2. The highest BCUT2D eigenvalue weighted by Crippen LogP contribution is 2.36. The smallest absolute Gasteiger partial charge is 0.340 e. The van der Waals surface area contributed by atoms with Crippen LogP contribution < -0.4 is 9.62 Å². The number of hydrogen-bond acceptors (Lipinski definition) is 6.